The number of nitrogens with one attached hydrogen (secondary N) is 1. The molecule has 0 amide bonds. The van der Waals surface area contributed by atoms with Crippen molar-refractivity contribution in [2.75, 3.05) is 12.4 Å². The highest BCUT2D eigenvalue weighted by molar-refractivity contribution is 5.87. The van der Waals surface area contributed by atoms with Crippen molar-refractivity contribution >= 4 is 11.7 Å². The molecule has 0 saturated carbocycles. The van der Waals surface area contributed by atoms with Crippen molar-refractivity contribution in [3.05, 3.63) is 53.0 Å². The van der Waals surface area contributed by atoms with Gasteiger partial charge in [-0.1, -0.05) is 12.1 Å². The van der Waals surface area contributed by atoms with E-state index in [0.29, 0.717) is 6.54 Å². The maximum Gasteiger partial charge on any atom is 0.374 e. The first-order valence-electron chi connectivity index (χ1n) is 7.29. The molecule has 4 nitrogen and oxygen atoms in total. The van der Waals surface area contributed by atoms with Crippen LogP contribution >= 0.6 is 0 Å². The Hall–Kier alpha value is -2.23. The van der Waals surface area contributed by atoms with Gasteiger partial charge in [0.05, 0.1) is 13.4 Å². The zero-order valence-corrected chi connectivity index (χ0v) is 12.1. The third-order valence-corrected chi connectivity index (χ3v) is 3.98. The van der Waals surface area contributed by atoms with E-state index >= 15 is 0 Å². The van der Waals surface area contributed by atoms with E-state index in [-0.39, 0.29) is 5.76 Å². The summed E-state index contributed by atoms with van der Waals surface area (Å²) in [5.41, 5.74) is 4.82. The molecule has 0 unspecified atom stereocenters. The number of carbonyl (C=O) groups is 1. The molecule has 0 radical (unpaired) electrons. The maximum absolute atomic E-state index is 11.6. The van der Waals surface area contributed by atoms with Gasteiger partial charge in [0.2, 0.25) is 5.76 Å². The summed E-state index contributed by atoms with van der Waals surface area (Å²) in [6.45, 7) is 0.553. The summed E-state index contributed by atoms with van der Waals surface area (Å²) in [6.07, 6.45) is 6.30. The topological polar surface area (TPSA) is 51.5 Å². The van der Waals surface area contributed by atoms with Crippen molar-refractivity contribution in [1.29, 1.82) is 0 Å². The summed E-state index contributed by atoms with van der Waals surface area (Å²) in [5, 5.41) is 3.43. The van der Waals surface area contributed by atoms with Gasteiger partial charge in [-0.05, 0) is 48.9 Å². The van der Waals surface area contributed by atoms with E-state index in [4.69, 9.17) is 9.15 Å². The second-order valence-electron chi connectivity index (χ2n) is 5.27. The number of benzene rings is 1. The van der Waals surface area contributed by atoms with Gasteiger partial charge < -0.3 is 14.5 Å². The van der Waals surface area contributed by atoms with Gasteiger partial charge in [-0.15, -0.1) is 0 Å². The van der Waals surface area contributed by atoms with Crippen LogP contribution in [0.5, 0.6) is 0 Å². The molecule has 1 heterocycles. The molecule has 21 heavy (non-hydrogen) atoms. The predicted molar refractivity (Wildman–Crippen MR) is 80.5 cm³/mol. The molecule has 1 aliphatic rings. The molecule has 0 fully saturated rings. The monoisotopic (exact) mass is 285 g/mol. The van der Waals surface area contributed by atoms with Crippen LogP contribution in [-0.4, -0.2) is 13.1 Å². The summed E-state index contributed by atoms with van der Waals surface area (Å²) >= 11 is 0. The van der Waals surface area contributed by atoms with Gasteiger partial charge in [-0.25, -0.2) is 4.79 Å². The van der Waals surface area contributed by atoms with Crippen molar-refractivity contribution in [3.63, 3.8) is 0 Å². The molecule has 1 N–H and O–H groups in total. The molecule has 0 aliphatic heterocycles. The molecule has 1 aliphatic carbocycles. The fourth-order valence-corrected chi connectivity index (χ4v) is 2.88. The number of ether oxygens (including phenoxy) is 1. The third-order valence-electron chi connectivity index (χ3n) is 3.98. The zero-order valence-electron chi connectivity index (χ0n) is 12.1. The molecule has 0 saturated heterocycles. The highest BCUT2D eigenvalue weighted by Gasteiger charge is 2.17. The van der Waals surface area contributed by atoms with E-state index in [1.165, 1.54) is 37.3 Å². The van der Waals surface area contributed by atoms with Crippen molar-refractivity contribution in [1.82, 2.24) is 0 Å². The van der Waals surface area contributed by atoms with Crippen LogP contribution in [0.4, 0.5) is 5.69 Å². The van der Waals surface area contributed by atoms with Gasteiger partial charge in [-0.2, -0.15) is 0 Å². The fraction of sp³-hybridized carbons (Fsp3) is 0.353. The molecule has 4 heteroatoms. The Bertz CT molecular complexity index is 645. The predicted octanol–water partition coefficient (Wildman–Crippen LogP) is 3.56. The Morgan fingerprint density at radius 1 is 1.29 bits per heavy atom. The summed E-state index contributed by atoms with van der Waals surface area (Å²) in [5.74, 6) is -0.165. The normalized spacial score (nSPS) is 13.6. The largest absolute Gasteiger partial charge is 0.463 e. The second-order valence-corrected chi connectivity index (χ2v) is 5.27. The Morgan fingerprint density at radius 3 is 3.00 bits per heavy atom. The highest BCUT2D eigenvalue weighted by atomic mass is 16.5. The Morgan fingerprint density at radius 2 is 2.14 bits per heavy atom. The van der Waals surface area contributed by atoms with E-state index in [0.717, 1.165) is 24.1 Å². The lowest BCUT2D eigenvalue weighted by Crippen LogP contribution is -2.10. The third kappa shape index (κ3) is 2.79. The van der Waals surface area contributed by atoms with Crippen LogP contribution < -0.4 is 5.32 Å². The van der Waals surface area contributed by atoms with E-state index in [9.17, 15) is 4.79 Å². The molecule has 0 atom stereocenters. The average molecular weight is 285 g/mol. The van der Waals surface area contributed by atoms with E-state index in [1.807, 2.05) is 0 Å². The summed E-state index contributed by atoms with van der Waals surface area (Å²) in [6, 6.07) is 8.19. The lowest BCUT2D eigenvalue weighted by molar-refractivity contribution is 0.0563. The maximum atomic E-state index is 11.6. The van der Waals surface area contributed by atoms with Crippen LogP contribution in [0.25, 0.3) is 0 Å². The number of anilines is 1. The Kier molecular flexibility index (Phi) is 3.95. The van der Waals surface area contributed by atoms with Gasteiger partial charge in [-0.3, -0.25) is 0 Å². The summed E-state index contributed by atoms with van der Waals surface area (Å²) in [7, 11) is 1.36. The first-order chi connectivity index (χ1) is 10.3. The van der Waals surface area contributed by atoms with Crippen LogP contribution in [0.15, 0.2) is 34.9 Å². The number of aryl methyl sites for hydroxylation is 1. The van der Waals surface area contributed by atoms with Crippen molar-refractivity contribution in [3.8, 4) is 0 Å². The molecule has 1 aromatic heterocycles. The number of hydrogen-bond acceptors (Lipinski definition) is 4. The van der Waals surface area contributed by atoms with Gasteiger partial charge >= 0.3 is 5.97 Å². The molecule has 3 rings (SSSR count). The first kappa shape index (κ1) is 13.7. The van der Waals surface area contributed by atoms with Crippen molar-refractivity contribution < 1.29 is 13.9 Å². The van der Waals surface area contributed by atoms with Crippen LogP contribution in [0, 0.1) is 0 Å². The minimum Gasteiger partial charge on any atom is -0.463 e. The van der Waals surface area contributed by atoms with Crippen molar-refractivity contribution in [2.45, 2.75) is 32.2 Å². The van der Waals surface area contributed by atoms with Crippen LogP contribution in [0.1, 0.15) is 40.1 Å². The van der Waals surface area contributed by atoms with Crippen LogP contribution in [0.2, 0.25) is 0 Å². The number of fused-ring (bicyclic) bond motifs is 1. The van der Waals surface area contributed by atoms with E-state index < -0.39 is 5.97 Å². The van der Waals surface area contributed by atoms with E-state index in [2.05, 4.69) is 23.5 Å². The van der Waals surface area contributed by atoms with Crippen LogP contribution in [-0.2, 0) is 24.1 Å². The van der Waals surface area contributed by atoms with Crippen molar-refractivity contribution in [2.24, 2.45) is 0 Å². The lowest BCUT2D eigenvalue weighted by Gasteiger charge is -2.20. The number of furan rings is 1. The molecular formula is C17H19NO3. The Labute approximate surface area is 124 Å². The average Bonchev–Trinajstić information content (AvgIpc) is 3.00. The first-order valence-corrected chi connectivity index (χ1v) is 7.29. The second kappa shape index (κ2) is 6.04. The van der Waals surface area contributed by atoms with Gasteiger partial charge in [0.25, 0.3) is 0 Å². The molecule has 0 bridgehead atoms. The minimum absolute atomic E-state index is 0.273. The quantitative estimate of drug-likeness (QED) is 0.873. The van der Waals surface area contributed by atoms with Crippen LogP contribution in [0.3, 0.4) is 0 Å². The number of carbonyl (C=O) groups excluding carboxylic acids is 1. The number of rotatable bonds is 4. The fourth-order valence-electron chi connectivity index (χ4n) is 2.88. The minimum atomic E-state index is -0.438. The molecule has 110 valence electrons. The SMILES string of the molecule is COC(=O)c1occc1CNc1cccc2c1CCCC2. The summed E-state index contributed by atoms with van der Waals surface area (Å²) in [4.78, 5) is 11.6. The zero-order chi connectivity index (χ0) is 14.7. The molecule has 1 aromatic carbocycles. The summed E-state index contributed by atoms with van der Waals surface area (Å²) < 4.78 is 9.92. The highest BCUT2D eigenvalue weighted by Crippen LogP contribution is 2.28. The lowest BCUT2D eigenvalue weighted by atomic mass is 9.90. The van der Waals surface area contributed by atoms with Gasteiger partial charge in [0.15, 0.2) is 0 Å². The number of methoxy groups -OCH3 is 1. The smallest absolute Gasteiger partial charge is 0.374 e. The van der Waals surface area contributed by atoms with E-state index in [1.54, 1.807) is 6.07 Å². The van der Waals surface area contributed by atoms with Gasteiger partial charge in [0, 0.05) is 17.8 Å². The van der Waals surface area contributed by atoms with Gasteiger partial charge in [0.1, 0.15) is 0 Å². The molecule has 0 spiro atoms. The Balaban J connectivity index is 1.77. The number of hydrogen-bond donors (Lipinski definition) is 1. The standard InChI is InChI=1S/C17H19NO3/c1-20-17(19)16-13(9-10-21-16)11-18-15-8-4-6-12-5-2-3-7-14(12)15/h4,6,8-10,18H,2-3,5,7,11H2,1H3. The molecular weight excluding hydrogens is 266 g/mol. The number of esters is 1. The molecule has 2 aromatic rings.